The van der Waals surface area contributed by atoms with Crippen LogP contribution in [0.1, 0.15) is 31.0 Å². The van der Waals surface area contributed by atoms with Crippen molar-refractivity contribution in [3.63, 3.8) is 0 Å². The molecule has 1 N–H and O–H groups in total. The number of urea groups is 1. The summed E-state index contributed by atoms with van der Waals surface area (Å²) in [7, 11) is 0. The molecule has 10 heteroatoms. The summed E-state index contributed by atoms with van der Waals surface area (Å²) >= 11 is 6.30. The SMILES string of the molecule is Cc1cc(-c2c(-c3cccc(C#N)c3)nn3ccc(NC(=O)N4CCC(C)(C#N)CC4)nc23)cc(Cl)n1. The van der Waals surface area contributed by atoms with Gasteiger partial charge in [0.1, 0.15) is 16.7 Å². The first-order chi connectivity index (χ1) is 17.8. The van der Waals surface area contributed by atoms with Crippen molar-refractivity contribution in [2.45, 2.75) is 26.7 Å². The number of carbonyl (C=O) groups is 1. The van der Waals surface area contributed by atoms with Crippen molar-refractivity contribution in [1.82, 2.24) is 24.5 Å². The Kier molecular flexibility index (Phi) is 6.24. The predicted molar refractivity (Wildman–Crippen MR) is 140 cm³/mol. The molecular formula is C27H23ClN8O. The van der Waals surface area contributed by atoms with Crippen LogP contribution < -0.4 is 5.32 Å². The van der Waals surface area contributed by atoms with Crippen LogP contribution in [-0.4, -0.2) is 43.6 Å². The van der Waals surface area contributed by atoms with E-state index in [1.165, 1.54) is 0 Å². The molecule has 184 valence electrons. The molecule has 0 saturated carbocycles. The van der Waals surface area contributed by atoms with E-state index in [9.17, 15) is 15.3 Å². The van der Waals surface area contributed by atoms with Crippen molar-refractivity contribution in [3.8, 4) is 34.5 Å². The minimum atomic E-state index is -0.399. The highest BCUT2D eigenvalue weighted by Gasteiger charge is 2.32. The molecule has 5 rings (SSSR count). The third-order valence-corrected chi connectivity index (χ3v) is 6.81. The maximum absolute atomic E-state index is 13.0. The zero-order valence-electron chi connectivity index (χ0n) is 20.4. The van der Waals surface area contributed by atoms with Gasteiger partial charge in [0.25, 0.3) is 0 Å². The Morgan fingerprint density at radius 2 is 1.89 bits per heavy atom. The number of nitrogens with zero attached hydrogens (tertiary/aromatic N) is 7. The number of anilines is 1. The molecule has 2 amide bonds. The monoisotopic (exact) mass is 510 g/mol. The maximum atomic E-state index is 13.0. The van der Waals surface area contributed by atoms with E-state index in [1.807, 2.05) is 26.0 Å². The highest BCUT2D eigenvalue weighted by Crippen LogP contribution is 2.36. The Hall–Kier alpha value is -4.47. The van der Waals surface area contributed by atoms with E-state index >= 15 is 0 Å². The van der Waals surface area contributed by atoms with Crippen LogP contribution in [0.5, 0.6) is 0 Å². The Balaban J connectivity index is 1.56. The minimum Gasteiger partial charge on any atom is -0.324 e. The maximum Gasteiger partial charge on any atom is 0.323 e. The summed E-state index contributed by atoms with van der Waals surface area (Å²) in [5, 5.41) is 26.8. The quantitative estimate of drug-likeness (QED) is 0.365. The van der Waals surface area contributed by atoms with Crippen LogP contribution in [0.25, 0.3) is 28.0 Å². The number of carbonyl (C=O) groups excluding carboxylic acids is 1. The van der Waals surface area contributed by atoms with Crippen molar-refractivity contribution in [2.75, 3.05) is 18.4 Å². The zero-order valence-corrected chi connectivity index (χ0v) is 21.1. The topological polar surface area (TPSA) is 123 Å². The second kappa shape index (κ2) is 9.53. The van der Waals surface area contributed by atoms with Crippen molar-refractivity contribution in [3.05, 3.63) is 65.1 Å². The summed E-state index contributed by atoms with van der Waals surface area (Å²) in [4.78, 5) is 23.7. The molecule has 0 radical (unpaired) electrons. The zero-order chi connectivity index (χ0) is 26.2. The molecule has 0 unspecified atom stereocenters. The number of fused-ring (bicyclic) bond motifs is 1. The van der Waals surface area contributed by atoms with Gasteiger partial charge in [0.15, 0.2) is 5.65 Å². The Morgan fingerprint density at radius 3 is 2.59 bits per heavy atom. The van der Waals surface area contributed by atoms with Crippen LogP contribution in [-0.2, 0) is 0 Å². The number of nitrogens with one attached hydrogen (secondary N) is 1. The standard InChI is InChI=1S/C27H23ClN8O/c1-17-12-20(14-21(28)31-17)23-24(19-5-3-4-18(13-19)15-29)34-36-9-6-22(32-25(23)36)33-26(37)35-10-7-27(2,16-30)8-11-35/h3-6,9,12-14H,7-8,10-11H2,1-2H3,(H,32,33,37). The van der Waals surface area contributed by atoms with Crippen molar-refractivity contribution < 1.29 is 4.79 Å². The van der Waals surface area contributed by atoms with E-state index in [4.69, 9.17) is 21.7 Å². The number of nitriles is 2. The van der Waals surface area contributed by atoms with E-state index in [2.05, 4.69) is 22.4 Å². The highest BCUT2D eigenvalue weighted by atomic mass is 35.5. The third-order valence-electron chi connectivity index (χ3n) is 6.62. The van der Waals surface area contributed by atoms with E-state index < -0.39 is 5.41 Å². The molecule has 0 spiro atoms. The van der Waals surface area contributed by atoms with Crippen LogP contribution in [0.3, 0.4) is 0 Å². The first-order valence-corrected chi connectivity index (χ1v) is 12.2. The van der Waals surface area contributed by atoms with Crippen molar-refractivity contribution in [1.29, 1.82) is 10.5 Å². The van der Waals surface area contributed by atoms with Gasteiger partial charge in [0, 0.05) is 30.5 Å². The molecule has 37 heavy (non-hydrogen) atoms. The number of piperidine rings is 1. The van der Waals surface area contributed by atoms with Gasteiger partial charge in [0.05, 0.1) is 28.7 Å². The fourth-order valence-electron chi connectivity index (χ4n) is 4.48. The Morgan fingerprint density at radius 1 is 1.11 bits per heavy atom. The minimum absolute atomic E-state index is 0.261. The molecule has 1 aliphatic rings. The van der Waals surface area contributed by atoms with Gasteiger partial charge >= 0.3 is 6.03 Å². The number of hydrogen-bond donors (Lipinski definition) is 1. The molecule has 0 atom stereocenters. The molecule has 0 bridgehead atoms. The number of pyridine rings is 1. The second-order valence-corrected chi connectivity index (χ2v) is 9.79. The third kappa shape index (κ3) is 4.82. The predicted octanol–water partition coefficient (Wildman–Crippen LogP) is 5.45. The van der Waals surface area contributed by atoms with Crippen LogP contribution in [0.4, 0.5) is 10.6 Å². The lowest BCUT2D eigenvalue weighted by atomic mass is 9.82. The smallest absolute Gasteiger partial charge is 0.323 e. The number of rotatable bonds is 3. The molecule has 9 nitrogen and oxygen atoms in total. The molecule has 4 aromatic rings. The molecule has 4 heterocycles. The summed E-state index contributed by atoms with van der Waals surface area (Å²) in [6.07, 6.45) is 2.99. The first-order valence-electron chi connectivity index (χ1n) is 11.8. The average Bonchev–Trinajstić information content (AvgIpc) is 3.27. The van der Waals surface area contributed by atoms with E-state index in [0.29, 0.717) is 59.4 Å². The van der Waals surface area contributed by atoms with Gasteiger partial charge in [-0.2, -0.15) is 15.6 Å². The van der Waals surface area contributed by atoms with Gasteiger partial charge < -0.3 is 4.90 Å². The molecule has 1 aliphatic heterocycles. The summed E-state index contributed by atoms with van der Waals surface area (Å²) in [6.45, 7) is 4.79. The fourth-order valence-corrected chi connectivity index (χ4v) is 4.73. The van der Waals surface area contributed by atoms with Crippen LogP contribution in [0, 0.1) is 35.0 Å². The number of halogens is 1. The lowest BCUT2D eigenvalue weighted by Crippen LogP contribution is -2.43. The van der Waals surface area contributed by atoms with Gasteiger partial charge in [-0.15, -0.1) is 0 Å². The number of benzene rings is 1. The van der Waals surface area contributed by atoms with Gasteiger partial charge in [-0.3, -0.25) is 5.32 Å². The summed E-state index contributed by atoms with van der Waals surface area (Å²) < 4.78 is 1.64. The van der Waals surface area contributed by atoms with Crippen molar-refractivity contribution >= 4 is 29.1 Å². The number of aryl methyl sites for hydroxylation is 1. The Bertz CT molecular complexity index is 1580. The van der Waals surface area contributed by atoms with Crippen LogP contribution >= 0.6 is 11.6 Å². The molecule has 1 saturated heterocycles. The Labute approximate surface area is 218 Å². The number of likely N-dealkylation sites (tertiary alicyclic amines) is 1. The normalized spacial score (nSPS) is 14.7. The molecule has 0 aliphatic carbocycles. The fraction of sp³-hybridized carbons (Fsp3) is 0.259. The second-order valence-electron chi connectivity index (χ2n) is 9.41. The average molecular weight is 511 g/mol. The summed E-state index contributed by atoms with van der Waals surface area (Å²) in [5.41, 5.74) is 4.23. The number of hydrogen-bond acceptors (Lipinski definition) is 6. The van der Waals surface area contributed by atoms with Gasteiger partial charge in [0.2, 0.25) is 0 Å². The molecule has 1 fully saturated rings. The van der Waals surface area contributed by atoms with E-state index in [1.54, 1.807) is 45.9 Å². The van der Waals surface area contributed by atoms with E-state index in [-0.39, 0.29) is 6.03 Å². The molecule has 3 aromatic heterocycles. The largest absolute Gasteiger partial charge is 0.324 e. The van der Waals surface area contributed by atoms with Gasteiger partial charge in [-0.05, 0) is 62.6 Å². The van der Waals surface area contributed by atoms with E-state index in [0.717, 1.165) is 16.8 Å². The van der Waals surface area contributed by atoms with Gasteiger partial charge in [-0.1, -0.05) is 23.7 Å². The number of aromatic nitrogens is 4. The summed E-state index contributed by atoms with van der Waals surface area (Å²) in [6, 6.07) is 16.8. The molecule has 1 aromatic carbocycles. The lowest BCUT2D eigenvalue weighted by molar-refractivity contribution is 0.166. The highest BCUT2D eigenvalue weighted by molar-refractivity contribution is 6.29. The van der Waals surface area contributed by atoms with Crippen LogP contribution in [0.15, 0.2) is 48.7 Å². The van der Waals surface area contributed by atoms with Crippen molar-refractivity contribution in [2.24, 2.45) is 5.41 Å². The van der Waals surface area contributed by atoms with Gasteiger partial charge in [-0.25, -0.2) is 19.3 Å². The van der Waals surface area contributed by atoms with Crippen LogP contribution in [0.2, 0.25) is 5.15 Å². The summed E-state index contributed by atoms with van der Waals surface area (Å²) in [5.74, 6) is 0.376. The number of amides is 2. The molecular weight excluding hydrogens is 488 g/mol. The first kappa shape index (κ1) is 24.2. The lowest BCUT2D eigenvalue weighted by Gasteiger charge is -2.34.